The van der Waals surface area contributed by atoms with E-state index in [1.54, 1.807) is 38.1 Å². The molecule has 1 aromatic heterocycles. The van der Waals surface area contributed by atoms with Gasteiger partial charge in [0.25, 0.3) is 17.4 Å². The first-order valence-corrected chi connectivity index (χ1v) is 19.2. The number of aryl methyl sites for hydroxylation is 1. The van der Waals surface area contributed by atoms with Gasteiger partial charge in [-0.2, -0.15) is 0 Å². The summed E-state index contributed by atoms with van der Waals surface area (Å²) in [5.74, 6) is -3.92. The van der Waals surface area contributed by atoms with Gasteiger partial charge in [-0.25, -0.2) is 22.3 Å². The molecule has 2 aromatic rings. The van der Waals surface area contributed by atoms with Gasteiger partial charge in [-0.05, 0) is 75.3 Å². The summed E-state index contributed by atoms with van der Waals surface area (Å²) in [6.07, 6.45) is 3.12. The molecule has 0 radical (unpaired) electrons. The number of hydrogen-bond donors (Lipinski definition) is 4. The Morgan fingerprint density at radius 1 is 1.13 bits per heavy atom. The Balaban J connectivity index is 1.48. The molecule has 15 nitrogen and oxygen atoms in total. The number of alkyl halides is 1. The molecule has 2 saturated carbocycles. The van der Waals surface area contributed by atoms with Crippen molar-refractivity contribution in [2.45, 2.75) is 101 Å². The maximum atomic E-state index is 14.8. The predicted octanol–water partition coefficient (Wildman–Crippen LogP) is 2.24. The number of benzene rings is 1. The van der Waals surface area contributed by atoms with Crippen LogP contribution in [0.3, 0.4) is 0 Å². The van der Waals surface area contributed by atoms with Crippen LogP contribution in [0.1, 0.15) is 65.7 Å². The summed E-state index contributed by atoms with van der Waals surface area (Å²) in [5.41, 5.74) is -2.95. The molecule has 1 saturated heterocycles. The summed E-state index contributed by atoms with van der Waals surface area (Å²) < 4.78 is 48.7. The Kier molecular flexibility index (Phi) is 10.1. The number of ether oxygens (including phenoxy) is 1. The maximum absolute atomic E-state index is 14.8. The molecule has 0 bridgehead atoms. The summed E-state index contributed by atoms with van der Waals surface area (Å²) in [6, 6.07) is 4.69. The van der Waals surface area contributed by atoms with E-state index >= 15 is 0 Å². The molecule has 4 aliphatic rings. The van der Waals surface area contributed by atoms with E-state index in [0.29, 0.717) is 18.2 Å². The lowest BCUT2D eigenvalue weighted by atomic mass is 9.86. The van der Waals surface area contributed by atoms with E-state index in [0.717, 1.165) is 17.7 Å². The van der Waals surface area contributed by atoms with Crippen molar-refractivity contribution in [3.8, 4) is 5.88 Å². The molecule has 4 N–H and O–H groups in total. The number of amides is 4. The molecule has 282 valence electrons. The third-order valence-corrected chi connectivity index (χ3v) is 13.0. The third-order valence-electron chi connectivity index (χ3n) is 10.9. The fourth-order valence-corrected chi connectivity index (χ4v) is 8.93. The molecule has 2 aliphatic heterocycles. The van der Waals surface area contributed by atoms with Crippen molar-refractivity contribution in [2.75, 3.05) is 13.2 Å². The number of aromatic nitrogens is 2. The minimum atomic E-state index is -4.68. The van der Waals surface area contributed by atoms with Gasteiger partial charge in [-0.1, -0.05) is 38.1 Å². The summed E-state index contributed by atoms with van der Waals surface area (Å²) in [4.78, 5) is 70.0. The zero-order chi connectivity index (χ0) is 37.6. The number of rotatable bonds is 8. The largest absolute Gasteiger partial charge is 0.471 e. The molecule has 6 rings (SSSR count). The number of allylic oxidation sites excluding steroid dienone is 1. The van der Waals surface area contributed by atoms with E-state index in [4.69, 9.17) is 4.74 Å². The minimum Gasteiger partial charge on any atom is -0.471 e. The molecule has 52 heavy (non-hydrogen) atoms. The lowest BCUT2D eigenvalue weighted by molar-refractivity contribution is -0.154. The predicted molar refractivity (Wildman–Crippen MR) is 186 cm³/mol. The van der Waals surface area contributed by atoms with Gasteiger partial charge in [0.05, 0.1) is 17.3 Å². The molecule has 17 heteroatoms. The van der Waals surface area contributed by atoms with Crippen molar-refractivity contribution in [1.29, 1.82) is 0 Å². The molecule has 3 heterocycles. The molecule has 0 spiro atoms. The van der Waals surface area contributed by atoms with Gasteiger partial charge in [0, 0.05) is 19.0 Å². The highest BCUT2D eigenvalue weighted by Gasteiger charge is 2.64. The molecule has 4 amide bonds. The van der Waals surface area contributed by atoms with E-state index in [-0.39, 0.29) is 48.0 Å². The van der Waals surface area contributed by atoms with Crippen molar-refractivity contribution < 1.29 is 41.8 Å². The van der Waals surface area contributed by atoms with Crippen LogP contribution in [0.2, 0.25) is 0 Å². The summed E-state index contributed by atoms with van der Waals surface area (Å²) >= 11 is 0. The number of halogens is 1. The van der Waals surface area contributed by atoms with E-state index in [9.17, 15) is 41.9 Å². The number of nitrogens with one attached hydrogen (secondary N) is 3. The van der Waals surface area contributed by atoms with Crippen molar-refractivity contribution in [2.24, 2.45) is 17.8 Å². The number of nitrogens with zero attached hydrogens (tertiary/aromatic N) is 3. The van der Waals surface area contributed by atoms with Crippen LogP contribution in [0.5, 0.6) is 5.88 Å². The Hall–Kier alpha value is -4.54. The lowest BCUT2D eigenvalue weighted by Gasteiger charge is -2.38. The normalized spacial score (nSPS) is 30.9. The standard InChI is InChI=1S/C35H45FN6O9S/c1-4-42-29(43)25-12-8-7-11-24(25)28(39-42)51-23-17-35(32(46)40-52(49,50)34(19-36)13-14-34)31(45)37-26-16-22(26)10-6-5-9-20(2)15-21(3)27(38-33(47)48)30(44)41(35)18-23/h6-8,10-12,20-23,26-27,38H,4-5,9,13-19H2,1-3H3,(H,37,45)(H,40,46)(H,47,48)/b10-6-/t20-,21+,22+,23+,26+,27-,35-/m0/s1. The first kappa shape index (κ1) is 37.2. The van der Waals surface area contributed by atoms with E-state index < -0.39 is 87.9 Å². The molecule has 1 aromatic carbocycles. The van der Waals surface area contributed by atoms with Gasteiger partial charge in [-0.3, -0.25) is 23.9 Å². The topological polar surface area (TPSA) is 206 Å². The van der Waals surface area contributed by atoms with Gasteiger partial charge < -0.3 is 25.4 Å². The van der Waals surface area contributed by atoms with Crippen molar-refractivity contribution in [1.82, 2.24) is 30.0 Å². The Labute approximate surface area is 300 Å². The first-order chi connectivity index (χ1) is 24.7. The monoisotopic (exact) mass is 744 g/mol. The van der Waals surface area contributed by atoms with Crippen LogP contribution in [0.4, 0.5) is 9.18 Å². The molecular weight excluding hydrogens is 699 g/mol. The summed E-state index contributed by atoms with van der Waals surface area (Å²) in [5, 5.41) is 20.0. The molecular formula is C35H45FN6O9S. The van der Waals surface area contributed by atoms with Crippen LogP contribution in [0.15, 0.2) is 41.2 Å². The molecule has 7 atom stereocenters. The van der Waals surface area contributed by atoms with E-state index in [2.05, 4.69) is 15.7 Å². The zero-order valence-corrected chi connectivity index (χ0v) is 30.2. The number of hydrogen-bond acceptors (Lipinski definition) is 9. The highest BCUT2D eigenvalue weighted by atomic mass is 32.2. The molecule has 0 unspecified atom stereocenters. The SMILES string of the molecule is CCn1nc(O[C@H]2CN3C(=O)[C@@H](NC(=O)O)[C@H](C)C[C@@H](C)CC/C=C\[C@@H]4C[C@H]4NC(=O)[C@]3(C(=O)NS(=O)(=O)C3(CF)CC3)C2)c2ccccc2c1=O. The number of carbonyl (C=O) groups is 4. The number of fused-ring (bicyclic) bond motifs is 3. The van der Waals surface area contributed by atoms with Crippen molar-refractivity contribution in [3.05, 3.63) is 46.8 Å². The molecule has 2 aliphatic carbocycles. The second-order valence-corrected chi connectivity index (χ2v) is 16.8. The van der Waals surface area contributed by atoms with Crippen LogP contribution in [-0.4, -0.2) is 93.7 Å². The average Bonchev–Trinajstić information content (AvgIpc) is 4.02. The van der Waals surface area contributed by atoms with Crippen molar-refractivity contribution in [3.63, 3.8) is 0 Å². The van der Waals surface area contributed by atoms with Gasteiger partial charge in [0.15, 0.2) is 0 Å². The highest BCUT2D eigenvalue weighted by Crippen LogP contribution is 2.44. The van der Waals surface area contributed by atoms with Gasteiger partial charge in [0.1, 0.15) is 23.6 Å². The minimum absolute atomic E-state index is 0.0232. The summed E-state index contributed by atoms with van der Waals surface area (Å²) in [6.45, 7) is 3.87. The van der Waals surface area contributed by atoms with Crippen LogP contribution in [0.25, 0.3) is 10.8 Å². The Morgan fingerprint density at radius 2 is 1.85 bits per heavy atom. The molecule has 3 fully saturated rings. The lowest BCUT2D eigenvalue weighted by Crippen LogP contribution is -2.69. The smallest absolute Gasteiger partial charge is 0.405 e. The third kappa shape index (κ3) is 6.86. The highest BCUT2D eigenvalue weighted by molar-refractivity contribution is 7.91. The number of sulfonamides is 1. The van der Waals surface area contributed by atoms with Gasteiger partial charge in [-0.15, -0.1) is 5.10 Å². The van der Waals surface area contributed by atoms with Gasteiger partial charge >= 0.3 is 6.09 Å². The Bertz CT molecular complexity index is 1970. The Morgan fingerprint density at radius 3 is 2.50 bits per heavy atom. The number of carbonyl (C=O) groups excluding carboxylic acids is 3. The quantitative estimate of drug-likeness (QED) is 0.229. The zero-order valence-electron chi connectivity index (χ0n) is 29.3. The average molecular weight is 745 g/mol. The fourth-order valence-electron chi connectivity index (χ4n) is 7.52. The fraction of sp³-hybridized carbons (Fsp3) is 0.600. The number of carboxylic acid groups (broad SMARTS) is 1. The second-order valence-electron chi connectivity index (χ2n) is 14.7. The first-order valence-electron chi connectivity index (χ1n) is 17.7. The van der Waals surface area contributed by atoms with Crippen LogP contribution < -0.4 is 25.7 Å². The van der Waals surface area contributed by atoms with Crippen LogP contribution in [-0.2, 0) is 31.0 Å². The van der Waals surface area contributed by atoms with Gasteiger partial charge in [0.2, 0.25) is 27.3 Å². The summed E-state index contributed by atoms with van der Waals surface area (Å²) in [7, 11) is -4.68. The van der Waals surface area contributed by atoms with E-state index in [1.807, 2.05) is 23.8 Å². The maximum Gasteiger partial charge on any atom is 0.405 e. The van der Waals surface area contributed by atoms with Crippen LogP contribution >= 0.6 is 0 Å². The second kappa shape index (κ2) is 14.1. The van der Waals surface area contributed by atoms with Crippen LogP contribution in [0, 0.1) is 17.8 Å². The van der Waals surface area contributed by atoms with E-state index in [1.165, 1.54) is 4.68 Å². The van der Waals surface area contributed by atoms with Crippen molar-refractivity contribution >= 4 is 44.6 Å².